The number of nitrogens with one attached hydrogen (secondary N) is 2. The van der Waals surface area contributed by atoms with Gasteiger partial charge in [0.25, 0.3) is 0 Å². The minimum Gasteiger partial charge on any atom is -0.497 e. The topological polar surface area (TPSA) is 94.6 Å². The molecule has 0 atom stereocenters. The van der Waals surface area contributed by atoms with Gasteiger partial charge in [-0.15, -0.1) is 0 Å². The predicted octanol–water partition coefficient (Wildman–Crippen LogP) is 6.83. The number of rotatable bonds is 6. The second-order valence-corrected chi connectivity index (χ2v) is 8.97. The second kappa shape index (κ2) is 9.89. The molecule has 3 aromatic carbocycles. The maximum Gasteiger partial charge on any atom is 0.412 e. The molecule has 0 aliphatic rings. The molecule has 0 bridgehead atoms. The van der Waals surface area contributed by atoms with E-state index in [0.29, 0.717) is 23.3 Å². The molecule has 4 aromatic rings. The summed E-state index contributed by atoms with van der Waals surface area (Å²) in [4.78, 5) is 21.1. The van der Waals surface area contributed by atoms with Crippen LogP contribution >= 0.6 is 0 Å². The number of hydrogen-bond donors (Lipinski definition) is 2. The predicted molar refractivity (Wildman–Crippen MR) is 137 cm³/mol. The van der Waals surface area contributed by atoms with Crippen molar-refractivity contribution in [3.05, 3.63) is 72.4 Å². The Morgan fingerprint density at radius 3 is 2.49 bits per heavy atom. The van der Waals surface area contributed by atoms with Crippen molar-refractivity contribution in [3.8, 4) is 17.4 Å². The van der Waals surface area contributed by atoms with Crippen molar-refractivity contribution in [3.63, 3.8) is 0 Å². The summed E-state index contributed by atoms with van der Waals surface area (Å²) in [6, 6.07) is 18.7. The molecular formula is C27H28N4O4. The highest BCUT2D eigenvalue weighted by Gasteiger charge is 2.18. The van der Waals surface area contributed by atoms with Crippen molar-refractivity contribution in [2.75, 3.05) is 17.7 Å². The zero-order valence-corrected chi connectivity index (χ0v) is 20.4. The van der Waals surface area contributed by atoms with Gasteiger partial charge in [0.1, 0.15) is 17.1 Å². The van der Waals surface area contributed by atoms with Gasteiger partial charge in [-0.3, -0.25) is 5.32 Å². The molecular weight excluding hydrogens is 444 g/mol. The molecule has 0 radical (unpaired) electrons. The Hall–Kier alpha value is -4.33. The van der Waals surface area contributed by atoms with Crippen LogP contribution in [0.15, 0.2) is 66.9 Å². The molecule has 0 spiro atoms. The lowest BCUT2D eigenvalue weighted by molar-refractivity contribution is 0.0636. The first-order valence-electron chi connectivity index (χ1n) is 11.2. The molecule has 8 nitrogen and oxygen atoms in total. The van der Waals surface area contributed by atoms with Crippen molar-refractivity contribution < 1.29 is 19.0 Å². The number of carbonyl (C=O) groups excluding carboxylic acids is 1. The van der Waals surface area contributed by atoms with E-state index < -0.39 is 11.7 Å². The number of amides is 1. The number of nitrogens with zero attached hydrogens (tertiary/aromatic N) is 2. The molecule has 1 amide bonds. The molecule has 180 valence electrons. The highest BCUT2D eigenvalue weighted by molar-refractivity contribution is 6.02. The smallest absolute Gasteiger partial charge is 0.412 e. The molecule has 0 fully saturated rings. The average molecular weight is 473 g/mol. The van der Waals surface area contributed by atoms with Crippen LogP contribution in [0.4, 0.5) is 22.1 Å². The number of anilines is 3. The van der Waals surface area contributed by atoms with Gasteiger partial charge < -0.3 is 19.5 Å². The summed E-state index contributed by atoms with van der Waals surface area (Å²) in [5.41, 5.74) is 1.89. The molecule has 0 aliphatic carbocycles. The number of fused-ring (bicyclic) bond motifs is 1. The van der Waals surface area contributed by atoms with Gasteiger partial charge in [0, 0.05) is 34.8 Å². The Morgan fingerprint density at radius 2 is 1.74 bits per heavy atom. The van der Waals surface area contributed by atoms with Gasteiger partial charge in [-0.2, -0.15) is 4.98 Å². The monoisotopic (exact) mass is 472 g/mol. The third-order valence-electron chi connectivity index (χ3n) is 4.91. The van der Waals surface area contributed by atoms with Crippen LogP contribution in [0.3, 0.4) is 0 Å². The fourth-order valence-electron chi connectivity index (χ4n) is 3.52. The molecule has 8 heteroatoms. The number of aromatic nitrogens is 2. The van der Waals surface area contributed by atoms with E-state index >= 15 is 0 Å². The van der Waals surface area contributed by atoms with Gasteiger partial charge in [0.2, 0.25) is 11.8 Å². The van der Waals surface area contributed by atoms with Crippen molar-refractivity contribution >= 4 is 34.2 Å². The van der Waals surface area contributed by atoms with E-state index in [1.165, 1.54) is 0 Å². The van der Waals surface area contributed by atoms with Gasteiger partial charge in [-0.05, 0) is 57.5 Å². The first-order chi connectivity index (χ1) is 16.7. The number of carbonyl (C=O) groups is 1. The Kier molecular flexibility index (Phi) is 6.73. The number of methoxy groups -OCH3 is 1. The van der Waals surface area contributed by atoms with E-state index in [9.17, 15) is 4.79 Å². The molecule has 0 saturated carbocycles. The Labute approximate surface area is 204 Å². The zero-order chi connectivity index (χ0) is 25.0. The van der Waals surface area contributed by atoms with Gasteiger partial charge in [-0.25, -0.2) is 9.78 Å². The number of hydrogen-bond acceptors (Lipinski definition) is 7. The molecule has 4 rings (SSSR count). The third kappa shape index (κ3) is 6.17. The van der Waals surface area contributed by atoms with Crippen LogP contribution in [0, 0.1) is 6.92 Å². The summed E-state index contributed by atoms with van der Waals surface area (Å²) < 4.78 is 16.8. The third-order valence-corrected chi connectivity index (χ3v) is 4.91. The number of benzene rings is 3. The lowest BCUT2D eigenvalue weighted by Crippen LogP contribution is -2.27. The van der Waals surface area contributed by atoms with E-state index in [0.717, 1.165) is 27.8 Å². The van der Waals surface area contributed by atoms with Crippen LogP contribution < -0.4 is 20.1 Å². The Balaban J connectivity index is 1.57. The minimum atomic E-state index is -0.592. The normalized spacial score (nSPS) is 11.1. The van der Waals surface area contributed by atoms with Crippen molar-refractivity contribution in [1.82, 2.24) is 9.97 Å². The van der Waals surface area contributed by atoms with E-state index in [4.69, 9.17) is 14.2 Å². The highest BCUT2D eigenvalue weighted by atomic mass is 16.6. The number of aryl methyl sites for hydroxylation is 1. The minimum absolute atomic E-state index is 0.375. The SMILES string of the molecule is COc1cc(C)cc(Nc2nccc(Oc3ccc(NC(=O)OC(C)(C)C)c4ccccc34)n2)c1. The summed E-state index contributed by atoms with van der Waals surface area (Å²) in [5, 5.41) is 7.64. The summed E-state index contributed by atoms with van der Waals surface area (Å²) in [6.45, 7) is 7.45. The summed E-state index contributed by atoms with van der Waals surface area (Å²) in [6.07, 6.45) is 1.11. The van der Waals surface area contributed by atoms with Gasteiger partial charge in [-0.1, -0.05) is 24.3 Å². The van der Waals surface area contributed by atoms with Crippen LogP contribution in [0.1, 0.15) is 26.3 Å². The fourth-order valence-corrected chi connectivity index (χ4v) is 3.52. The summed E-state index contributed by atoms with van der Waals surface area (Å²) in [5.74, 6) is 2.10. The average Bonchev–Trinajstić information content (AvgIpc) is 2.79. The zero-order valence-electron chi connectivity index (χ0n) is 20.4. The van der Waals surface area contributed by atoms with E-state index in [-0.39, 0.29) is 0 Å². The van der Waals surface area contributed by atoms with Crippen LogP contribution in [0.5, 0.6) is 17.4 Å². The lowest BCUT2D eigenvalue weighted by Gasteiger charge is -2.20. The van der Waals surface area contributed by atoms with E-state index in [2.05, 4.69) is 20.6 Å². The summed E-state index contributed by atoms with van der Waals surface area (Å²) in [7, 11) is 1.63. The van der Waals surface area contributed by atoms with E-state index in [1.807, 2.05) is 70.2 Å². The van der Waals surface area contributed by atoms with Crippen LogP contribution in [-0.4, -0.2) is 28.8 Å². The maximum atomic E-state index is 12.3. The fraction of sp³-hybridized carbons (Fsp3) is 0.222. The summed E-state index contributed by atoms with van der Waals surface area (Å²) >= 11 is 0. The molecule has 0 saturated heterocycles. The second-order valence-electron chi connectivity index (χ2n) is 8.97. The standard InChI is InChI=1S/C27H28N4O4/c1-17-14-18(16-19(15-17)33-5)29-25-28-13-12-24(31-25)34-23-11-10-22(20-8-6-7-9-21(20)23)30-26(32)35-27(2,3)4/h6-16H,1-5H3,(H,30,32)(H,28,29,31). The molecule has 2 N–H and O–H groups in total. The Bertz CT molecular complexity index is 1370. The molecule has 1 aromatic heterocycles. The maximum absolute atomic E-state index is 12.3. The van der Waals surface area contributed by atoms with Gasteiger partial charge in [0.05, 0.1) is 12.8 Å². The van der Waals surface area contributed by atoms with Crippen molar-refractivity contribution in [1.29, 1.82) is 0 Å². The molecule has 1 heterocycles. The van der Waals surface area contributed by atoms with Gasteiger partial charge in [0.15, 0.2) is 0 Å². The van der Waals surface area contributed by atoms with Crippen LogP contribution in [0.25, 0.3) is 10.8 Å². The molecule has 35 heavy (non-hydrogen) atoms. The van der Waals surface area contributed by atoms with Crippen LogP contribution in [0.2, 0.25) is 0 Å². The first kappa shape index (κ1) is 23.8. The lowest BCUT2D eigenvalue weighted by atomic mass is 10.1. The highest BCUT2D eigenvalue weighted by Crippen LogP contribution is 2.34. The Morgan fingerprint density at radius 1 is 0.971 bits per heavy atom. The quantitative estimate of drug-likeness (QED) is 0.317. The number of ether oxygens (including phenoxy) is 3. The van der Waals surface area contributed by atoms with Crippen molar-refractivity contribution in [2.24, 2.45) is 0 Å². The van der Waals surface area contributed by atoms with Crippen molar-refractivity contribution in [2.45, 2.75) is 33.3 Å². The molecule has 0 unspecified atom stereocenters. The van der Waals surface area contributed by atoms with Gasteiger partial charge >= 0.3 is 6.09 Å². The van der Waals surface area contributed by atoms with E-state index in [1.54, 1.807) is 31.5 Å². The van der Waals surface area contributed by atoms with Crippen LogP contribution in [-0.2, 0) is 4.74 Å². The molecule has 0 aliphatic heterocycles. The largest absolute Gasteiger partial charge is 0.497 e. The first-order valence-corrected chi connectivity index (χ1v) is 11.2.